The van der Waals surface area contributed by atoms with Gasteiger partial charge in [0.2, 0.25) is 6.79 Å². The maximum atomic E-state index is 15.2. The minimum atomic E-state index is -1.50. The van der Waals surface area contributed by atoms with Crippen molar-refractivity contribution < 1.29 is 66.5 Å². The molecule has 3 aromatic carbocycles. The highest BCUT2D eigenvalue weighted by atomic mass is 32.2. The van der Waals surface area contributed by atoms with Gasteiger partial charge in [-0.15, -0.1) is 11.8 Å². The van der Waals surface area contributed by atoms with E-state index in [2.05, 4.69) is 21.2 Å². The first-order valence-corrected chi connectivity index (χ1v) is 24.0. The molecule has 7 heterocycles. The number of thioether (sulfide) groups is 1. The normalized spacial score (nSPS) is 25.7. The number of benzene rings is 3. The van der Waals surface area contributed by atoms with Gasteiger partial charge in [0.25, 0.3) is 0 Å². The van der Waals surface area contributed by atoms with E-state index in [9.17, 15) is 19.6 Å². The van der Waals surface area contributed by atoms with Crippen molar-refractivity contribution in [1.82, 2.24) is 15.1 Å². The summed E-state index contributed by atoms with van der Waals surface area (Å²) in [6.07, 6.45) is -0.972. The molecule has 18 nitrogen and oxygen atoms in total. The first-order chi connectivity index (χ1) is 32.6. The van der Waals surface area contributed by atoms with Crippen molar-refractivity contribution in [3.05, 3.63) is 62.7 Å². The van der Waals surface area contributed by atoms with Gasteiger partial charge in [-0.3, -0.25) is 19.9 Å². The second-order valence-electron chi connectivity index (χ2n) is 20.2. The van der Waals surface area contributed by atoms with Crippen molar-refractivity contribution in [2.24, 2.45) is 0 Å². The van der Waals surface area contributed by atoms with Gasteiger partial charge in [0, 0.05) is 53.6 Å². The van der Waals surface area contributed by atoms with E-state index in [0.29, 0.717) is 70.0 Å². The predicted molar refractivity (Wildman–Crippen MR) is 248 cm³/mol. The molecule has 69 heavy (non-hydrogen) atoms. The zero-order chi connectivity index (χ0) is 49.6. The van der Waals surface area contributed by atoms with Crippen molar-refractivity contribution in [3.63, 3.8) is 0 Å². The largest absolute Gasteiger partial charge is 0.514 e. The van der Waals surface area contributed by atoms with Gasteiger partial charge in [-0.05, 0) is 110 Å². The number of carbonyl (C=O) groups is 4. The fraction of sp³-hybridized carbons (Fsp3) is 0.540. The minimum absolute atomic E-state index is 0.0444. The van der Waals surface area contributed by atoms with Gasteiger partial charge in [-0.2, -0.15) is 5.26 Å². The van der Waals surface area contributed by atoms with Crippen LogP contribution in [0.4, 0.5) is 9.59 Å². The number of aryl methyl sites for hydroxylation is 1. The zero-order valence-electron chi connectivity index (χ0n) is 40.9. The molecule has 368 valence electrons. The van der Waals surface area contributed by atoms with Crippen molar-refractivity contribution in [3.8, 4) is 46.3 Å². The van der Waals surface area contributed by atoms with E-state index in [-0.39, 0.29) is 42.2 Å². The van der Waals surface area contributed by atoms with Crippen LogP contribution in [0.3, 0.4) is 0 Å². The smallest absolute Gasteiger partial charge is 0.493 e. The number of methoxy groups -OCH3 is 2. The standard InChI is InChI=1S/C50H58N4O14S/c1-23-15-27-16-29-30(19-51)54-31-20-61-45(56)50(28-18-32(59-11)33(17-26(28)13-14-52-50)65-46(57)67-48(4,5)6)21-69-44(36-35(31)42-41(62-22-63-42)24(2)40(36)64-25(3)55)38(54)37(53(29)10)34(27)43(39(23)60-12)66-47(58)68-49(7,8)9/h15,17-18,29-31,37-38,44,52H,13-14,16,20-22H2,1-12H3/t29-,30-,31-,37+,38?,44+,50+/m0/s1. The van der Waals surface area contributed by atoms with Crippen molar-refractivity contribution in [2.75, 3.05) is 47.0 Å². The molecule has 19 heteroatoms. The molecule has 0 aliphatic carbocycles. The average Bonchev–Trinajstić information content (AvgIpc) is 3.75. The molecule has 2 saturated heterocycles. The van der Waals surface area contributed by atoms with E-state index in [1.807, 2.05) is 27.0 Å². The van der Waals surface area contributed by atoms with Crippen LogP contribution < -0.4 is 38.5 Å². The van der Waals surface area contributed by atoms with Crippen LogP contribution in [0.5, 0.6) is 40.2 Å². The quantitative estimate of drug-likeness (QED) is 0.116. The number of nitrogens with one attached hydrogen (secondary N) is 1. The number of fused-ring (bicyclic) bond motifs is 9. The highest BCUT2D eigenvalue weighted by Gasteiger charge is 2.62. The Hall–Kier alpha value is -5.94. The van der Waals surface area contributed by atoms with Crippen LogP contribution in [0.2, 0.25) is 0 Å². The Morgan fingerprint density at radius 2 is 1.55 bits per heavy atom. The summed E-state index contributed by atoms with van der Waals surface area (Å²) in [5.41, 5.74) is 2.07. The third kappa shape index (κ3) is 8.12. The Balaban J connectivity index is 1.28. The summed E-state index contributed by atoms with van der Waals surface area (Å²) in [7, 11) is 4.92. The highest BCUT2D eigenvalue weighted by Crippen LogP contribution is 2.65. The lowest BCUT2D eigenvalue weighted by Crippen LogP contribution is -2.69. The zero-order valence-corrected chi connectivity index (χ0v) is 41.7. The maximum Gasteiger partial charge on any atom is 0.514 e. The second-order valence-corrected chi connectivity index (χ2v) is 21.3. The lowest BCUT2D eigenvalue weighted by molar-refractivity contribution is -0.157. The van der Waals surface area contributed by atoms with Crippen LogP contribution in [0.15, 0.2) is 18.2 Å². The molecule has 7 atom stereocenters. The van der Waals surface area contributed by atoms with Gasteiger partial charge >= 0.3 is 24.2 Å². The lowest BCUT2D eigenvalue weighted by atomic mass is 9.71. The van der Waals surface area contributed by atoms with E-state index >= 15 is 4.79 Å². The predicted octanol–water partition coefficient (Wildman–Crippen LogP) is 7.20. The summed E-state index contributed by atoms with van der Waals surface area (Å²) < 4.78 is 60.2. The number of hydrogen-bond acceptors (Lipinski definition) is 19. The minimum Gasteiger partial charge on any atom is -0.493 e. The molecule has 0 aromatic heterocycles. The second kappa shape index (κ2) is 17.5. The monoisotopic (exact) mass is 970 g/mol. The molecular weight excluding hydrogens is 913 g/mol. The number of ether oxygens (including phenoxy) is 10. The fourth-order valence-corrected chi connectivity index (χ4v) is 12.7. The Morgan fingerprint density at radius 1 is 0.855 bits per heavy atom. The number of likely N-dealkylation sites (N-methyl/N-ethyl adjacent to an activating group) is 1. The Labute approximate surface area is 405 Å². The number of carbonyl (C=O) groups excluding carboxylic acids is 4. The van der Waals surface area contributed by atoms with Crippen LogP contribution >= 0.6 is 11.8 Å². The van der Waals surface area contributed by atoms with Crippen molar-refractivity contribution >= 4 is 36.0 Å². The summed E-state index contributed by atoms with van der Waals surface area (Å²) in [5.74, 6) is 0.818. The summed E-state index contributed by atoms with van der Waals surface area (Å²) in [6, 6.07) is 4.73. The summed E-state index contributed by atoms with van der Waals surface area (Å²) in [6.45, 7) is 15.4. The van der Waals surface area contributed by atoms with Crippen LogP contribution in [-0.4, -0.2) is 110 Å². The number of rotatable bonds is 5. The fourth-order valence-electron chi connectivity index (χ4n) is 11.0. The average molecular weight is 971 g/mol. The number of piperazine rings is 1. The molecule has 0 amide bonds. The first kappa shape index (κ1) is 48.1. The SMILES string of the molecule is COc1cc2c(cc1OC(=O)OC(C)(C)C)CCN[C@]21CS[C@@H]2c3c(OC(C)=O)c(C)c4c(c3[C@H](COC1=O)N1C2[C@H]2c3c(cc(C)c(OC)c3OC(=O)OC(C)(C)C)C[C@@H]([C@@H]1C#N)N2C)OCO4. The first-order valence-electron chi connectivity index (χ1n) is 22.9. The van der Waals surface area contributed by atoms with Gasteiger partial charge in [0.05, 0.1) is 37.6 Å². The van der Waals surface area contributed by atoms with Crippen LogP contribution in [-0.2, 0) is 42.2 Å². The molecule has 0 radical (unpaired) electrons. The number of esters is 2. The third-order valence-electron chi connectivity index (χ3n) is 13.6. The summed E-state index contributed by atoms with van der Waals surface area (Å²) >= 11 is 1.42. The Bertz CT molecular complexity index is 2710. The van der Waals surface area contributed by atoms with Gasteiger partial charge in [-0.1, -0.05) is 6.07 Å². The highest BCUT2D eigenvalue weighted by molar-refractivity contribution is 7.99. The van der Waals surface area contributed by atoms with Gasteiger partial charge in [-0.25, -0.2) is 14.4 Å². The molecule has 7 aliphatic rings. The van der Waals surface area contributed by atoms with Gasteiger partial charge in [0.15, 0.2) is 40.0 Å². The molecule has 4 bridgehead atoms. The van der Waals surface area contributed by atoms with Gasteiger partial charge in [0.1, 0.15) is 29.6 Å². The topological polar surface area (TPSA) is 203 Å². The molecule has 1 unspecified atom stereocenters. The van der Waals surface area contributed by atoms with Crippen LogP contribution in [0.1, 0.15) is 110 Å². The van der Waals surface area contributed by atoms with E-state index in [0.717, 1.165) is 11.1 Å². The van der Waals surface area contributed by atoms with E-state index < -0.39 is 76.4 Å². The molecule has 1 spiro atoms. The van der Waals surface area contributed by atoms with E-state index in [1.165, 1.54) is 32.9 Å². The van der Waals surface area contributed by atoms with E-state index in [1.54, 1.807) is 53.7 Å². The maximum absolute atomic E-state index is 15.2. The molecule has 1 N–H and O–H groups in total. The lowest BCUT2D eigenvalue weighted by Gasteiger charge is -2.62. The van der Waals surface area contributed by atoms with Gasteiger partial charge < -0.3 is 47.4 Å². The summed E-state index contributed by atoms with van der Waals surface area (Å²) in [4.78, 5) is 59.4. The van der Waals surface area contributed by atoms with E-state index in [4.69, 9.17) is 47.4 Å². The van der Waals surface area contributed by atoms with Crippen LogP contribution in [0.25, 0.3) is 0 Å². The number of hydrogen-bond donors (Lipinski definition) is 1. The molecular formula is C50H58N4O14S. The molecule has 2 fully saturated rings. The Morgan fingerprint density at radius 3 is 2.20 bits per heavy atom. The van der Waals surface area contributed by atoms with Crippen LogP contribution in [0, 0.1) is 25.2 Å². The number of nitriles is 1. The Kier molecular flexibility index (Phi) is 12.2. The molecule has 3 aromatic rings. The molecule has 10 rings (SSSR count). The molecule has 0 saturated carbocycles. The van der Waals surface area contributed by atoms with Crippen molar-refractivity contribution in [2.45, 2.75) is 127 Å². The van der Waals surface area contributed by atoms with Crippen molar-refractivity contribution in [1.29, 1.82) is 5.26 Å². The summed E-state index contributed by atoms with van der Waals surface area (Å²) in [5, 5.41) is 14.2. The number of nitrogens with zero attached hydrogens (tertiary/aromatic N) is 3. The molecule has 7 aliphatic heterocycles. The third-order valence-corrected chi connectivity index (χ3v) is 15.0.